The Labute approximate surface area is 146 Å². The highest BCUT2D eigenvalue weighted by molar-refractivity contribution is 7.91. The number of hydrogen-bond acceptors (Lipinski definition) is 3. The second-order valence-electron chi connectivity index (χ2n) is 7.30. The van der Waals surface area contributed by atoms with E-state index < -0.39 is 9.84 Å². The number of nitrogens with zero attached hydrogens (tertiary/aromatic N) is 2. The molecule has 0 aromatic carbocycles. The maximum absolute atomic E-state index is 12.2. The number of likely N-dealkylation sites (tertiary alicyclic amines) is 2. The first-order chi connectivity index (χ1) is 9.50. The fourth-order valence-corrected chi connectivity index (χ4v) is 6.76. The fourth-order valence-electron chi connectivity index (χ4n) is 4.57. The van der Waals surface area contributed by atoms with E-state index in [1.807, 2.05) is 0 Å². The van der Waals surface area contributed by atoms with Crippen LogP contribution in [0.25, 0.3) is 0 Å². The summed E-state index contributed by atoms with van der Waals surface area (Å²) in [7, 11) is -0.532. The van der Waals surface area contributed by atoms with E-state index in [0.717, 1.165) is 17.6 Å². The van der Waals surface area contributed by atoms with Crippen molar-refractivity contribution < 1.29 is 36.9 Å². The van der Waals surface area contributed by atoms with E-state index in [9.17, 15) is 8.42 Å². The molecule has 21 heavy (non-hydrogen) atoms. The van der Waals surface area contributed by atoms with Gasteiger partial charge in [-0.1, -0.05) is 6.42 Å². The average molecular weight is 428 g/mol. The molecule has 3 heterocycles. The molecular formula is C15H29IN2O2S. The van der Waals surface area contributed by atoms with Gasteiger partial charge in [0.2, 0.25) is 0 Å². The van der Waals surface area contributed by atoms with Crippen LogP contribution in [0.3, 0.4) is 0 Å². The zero-order chi connectivity index (χ0) is 14.2. The first-order valence-corrected chi connectivity index (χ1v) is 10.1. The molecule has 124 valence electrons. The molecule has 6 heteroatoms. The molecule has 0 saturated carbocycles. The van der Waals surface area contributed by atoms with Crippen LogP contribution in [0.2, 0.25) is 0 Å². The quantitative estimate of drug-likeness (QED) is 0.388. The molecule has 0 aromatic rings. The van der Waals surface area contributed by atoms with Gasteiger partial charge in [0.25, 0.3) is 0 Å². The molecule has 0 N–H and O–H groups in total. The summed E-state index contributed by atoms with van der Waals surface area (Å²) in [5.74, 6) is 0.830. The molecule has 0 amide bonds. The van der Waals surface area contributed by atoms with Crippen LogP contribution in [0.1, 0.15) is 38.5 Å². The van der Waals surface area contributed by atoms with Gasteiger partial charge in [-0.05, 0) is 45.2 Å². The van der Waals surface area contributed by atoms with Crippen molar-refractivity contribution >= 4 is 9.84 Å². The Balaban J connectivity index is 0.00000161. The summed E-state index contributed by atoms with van der Waals surface area (Å²) in [6, 6.07) is 0.599. The lowest BCUT2D eigenvalue weighted by Crippen LogP contribution is -3.00. The number of hydrogen-bond donors (Lipinski definition) is 0. The number of quaternary nitrogens is 1. The normalized spacial score (nSPS) is 36.0. The Bertz CT molecular complexity index is 443. The van der Waals surface area contributed by atoms with Crippen molar-refractivity contribution in [3.8, 4) is 0 Å². The van der Waals surface area contributed by atoms with E-state index in [4.69, 9.17) is 0 Å². The van der Waals surface area contributed by atoms with Crippen LogP contribution in [0.15, 0.2) is 0 Å². The molecule has 3 aliphatic rings. The van der Waals surface area contributed by atoms with Crippen molar-refractivity contribution in [3.63, 3.8) is 0 Å². The minimum Gasteiger partial charge on any atom is -1.00 e. The second-order valence-corrected chi connectivity index (χ2v) is 9.45. The van der Waals surface area contributed by atoms with Gasteiger partial charge in [0.1, 0.15) is 11.8 Å². The Morgan fingerprint density at radius 3 is 2.10 bits per heavy atom. The van der Waals surface area contributed by atoms with E-state index in [0.29, 0.717) is 17.5 Å². The third-order valence-corrected chi connectivity index (χ3v) is 7.49. The highest BCUT2D eigenvalue weighted by atomic mass is 127. The van der Waals surface area contributed by atoms with E-state index in [-0.39, 0.29) is 30.0 Å². The van der Waals surface area contributed by atoms with Crippen LogP contribution in [0, 0.1) is 0 Å². The zero-order valence-electron chi connectivity index (χ0n) is 13.1. The molecule has 0 spiro atoms. The van der Waals surface area contributed by atoms with Crippen LogP contribution in [0.4, 0.5) is 0 Å². The van der Waals surface area contributed by atoms with Gasteiger partial charge in [-0.2, -0.15) is 0 Å². The molecule has 0 aromatic heterocycles. The Morgan fingerprint density at radius 2 is 1.48 bits per heavy atom. The SMILES string of the molecule is C[N+]1(C2CS(=O)(=O)CC2N2CCCCC2)CCCCC1.[I-]. The van der Waals surface area contributed by atoms with E-state index >= 15 is 0 Å². The van der Waals surface area contributed by atoms with Crippen LogP contribution >= 0.6 is 0 Å². The number of likely N-dealkylation sites (N-methyl/N-ethyl adjacent to an activating group) is 1. The third-order valence-electron chi connectivity index (χ3n) is 5.79. The minimum absolute atomic E-state index is 0. The lowest BCUT2D eigenvalue weighted by atomic mass is 9.98. The molecule has 2 atom stereocenters. The van der Waals surface area contributed by atoms with Crippen molar-refractivity contribution in [2.24, 2.45) is 0 Å². The van der Waals surface area contributed by atoms with Gasteiger partial charge in [-0.3, -0.25) is 4.90 Å². The summed E-state index contributed by atoms with van der Waals surface area (Å²) in [5.41, 5.74) is 0. The molecule has 0 aliphatic carbocycles. The molecule has 3 aliphatic heterocycles. The molecular weight excluding hydrogens is 399 g/mol. The second kappa shape index (κ2) is 7.01. The molecule has 3 saturated heterocycles. The molecule has 0 bridgehead atoms. The van der Waals surface area contributed by atoms with Gasteiger partial charge in [0, 0.05) is 0 Å². The standard InChI is InChI=1S/C15H29N2O2S.HI/c1-17(10-6-3-7-11-17)15-13-20(18,19)12-14(15)16-8-4-2-5-9-16;/h14-15H,2-13H2,1H3;1H/q+1;/p-1. The van der Waals surface area contributed by atoms with Gasteiger partial charge in [-0.25, -0.2) is 8.42 Å². The van der Waals surface area contributed by atoms with E-state index in [2.05, 4.69) is 11.9 Å². The predicted molar refractivity (Wildman–Crippen MR) is 81.4 cm³/mol. The summed E-state index contributed by atoms with van der Waals surface area (Å²) < 4.78 is 25.5. The zero-order valence-corrected chi connectivity index (χ0v) is 16.1. The summed E-state index contributed by atoms with van der Waals surface area (Å²) in [5, 5.41) is 0. The van der Waals surface area contributed by atoms with E-state index in [1.54, 1.807) is 0 Å². The maximum atomic E-state index is 12.2. The van der Waals surface area contributed by atoms with Crippen LogP contribution in [-0.2, 0) is 9.84 Å². The molecule has 4 nitrogen and oxygen atoms in total. The Kier molecular flexibility index (Phi) is 5.99. The third kappa shape index (κ3) is 3.93. The smallest absolute Gasteiger partial charge is 0.157 e. The summed E-state index contributed by atoms with van der Waals surface area (Å²) in [6.07, 6.45) is 7.65. The Hall–Kier alpha value is 0.600. The van der Waals surface area contributed by atoms with Crippen molar-refractivity contribution in [1.82, 2.24) is 4.90 Å². The topological polar surface area (TPSA) is 37.4 Å². The van der Waals surface area contributed by atoms with Gasteiger partial charge in [-0.15, -0.1) is 0 Å². The molecule has 3 rings (SSSR count). The number of sulfone groups is 1. The summed E-state index contributed by atoms with van der Waals surface area (Å²) >= 11 is 0. The lowest BCUT2D eigenvalue weighted by Gasteiger charge is -2.47. The van der Waals surface area contributed by atoms with Gasteiger partial charge in [0.05, 0.1) is 31.9 Å². The summed E-state index contributed by atoms with van der Waals surface area (Å²) in [4.78, 5) is 2.50. The van der Waals surface area contributed by atoms with Crippen molar-refractivity contribution in [2.75, 3.05) is 44.7 Å². The highest BCUT2D eigenvalue weighted by Crippen LogP contribution is 2.32. The van der Waals surface area contributed by atoms with Crippen LogP contribution in [0.5, 0.6) is 0 Å². The fraction of sp³-hybridized carbons (Fsp3) is 1.00. The average Bonchev–Trinajstić information content (AvgIpc) is 2.78. The number of piperidine rings is 2. The van der Waals surface area contributed by atoms with Crippen LogP contribution in [-0.4, -0.2) is 74.6 Å². The Morgan fingerprint density at radius 1 is 0.905 bits per heavy atom. The predicted octanol–water partition coefficient (Wildman–Crippen LogP) is -1.73. The highest BCUT2D eigenvalue weighted by Gasteiger charge is 2.50. The van der Waals surface area contributed by atoms with E-state index in [1.165, 1.54) is 51.6 Å². The maximum Gasteiger partial charge on any atom is 0.157 e. The van der Waals surface area contributed by atoms with Crippen molar-refractivity contribution in [1.29, 1.82) is 0 Å². The minimum atomic E-state index is -2.84. The van der Waals surface area contributed by atoms with Crippen molar-refractivity contribution in [3.05, 3.63) is 0 Å². The molecule has 0 radical (unpaired) electrons. The van der Waals surface area contributed by atoms with Crippen molar-refractivity contribution in [2.45, 2.75) is 50.6 Å². The van der Waals surface area contributed by atoms with Crippen LogP contribution < -0.4 is 24.0 Å². The first kappa shape index (κ1) is 17.9. The number of rotatable bonds is 2. The van der Waals surface area contributed by atoms with Gasteiger partial charge >= 0.3 is 0 Å². The van der Waals surface area contributed by atoms with Gasteiger partial charge < -0.3 is 28.5 Å². The monoisotopic (exact) mass is 428 g/mol. The molecule has 2 unspecified atom stereocenters. The summed E-state index contributed by atoms with van der Waals surface area (Å²) in [6.45, 7) is 4.56. The number of halogens is 1. The first-order valence-electron chi connectivity index (χ1n) is 8.29. The largest absolute Gasteiger partial charge is 1.00 e. The lowest BCUT2D eigenvalue weighted by molar-refractivity contribution is -0.936. The van der Waals surface area contributed by atoms with Gasteiger partial charge in [0.15, 0.2) is 9.84 Å². The molecule has 3 fully saturated rings.